The van der Waals surface area contributed by atoms with Crippen LogP contribution in [0.1, 0.15) is 41.7 Å². The number of nitrogens with zero attached hydrogens (tertiary/aromatic N) is 1. The Morgan fingerprint density at radius 3 is 2.70 bits per heavy atom. The third-order valence-corrected chi connectivity index (χ3v) is 4.22. The van der Waals surface area contributed by atoms with Gasteiger partial charge in [0.1, 0.15) is 5.76 Å². The number of rotatable bonds is 5. The van der Waals surface area contributed by atoms with Gasteiger partial charge in [-0.15, -0.1) is 0 Å². The van der Waals surface area contributed by atoms with E-state index in [9.17, 15) is 13.2 Å². The number of oxazole rings is 1. The predicted molar refractivity (Wildman–Crippen MR) is 80.0 cm³/mol. The number of alkyl halides is 3. The lowest BCUT2D eigenvalue weighted by Crippen LogP contribution is -2.23. The van der Waals surface area contributed by atoms with E-state index < -0.39 is 11.7 Å². The molecule has 23 heavy (non-hydrogen) atoms. The highest BCUT2D eigenvalue weighted by atomic mass is 35.5. The molecule has 3 nitrogen and oxygen atoms in total. The molecular weight excluding hydrogens is 329 g/mol. The van der Waals surface area contributed by atoms with Crippen LogP contribution >= 0.6 is 11.6 Å². The molecule has 0 amide bonds. The van der Waals surface area contributed by atoms with Crippen LogP contribution in [0.2, 0.25) is 5.02 Å². The van der Waals surface area contributed by atoms with Gasteiger partial charge in [0.25, 0.3) is 0 Å². The molecule has 1 heterocycles. The zero-order valence-electron chi connectivity index (χ0n) is 12.5. The Hall–Kier alpha value is -1.53. The Bertz CT molecular complexity index is 695. The number of halogens is 4. The molecule has 1 atom stereocenters. The van der Waals surface area contributed by atoms with Crippen LogP contribution in [0.3, 0.4) is 0 Å². The minimum absolute atomic E-state index is 0.166. The first kappa shape index (κ1) is 16.3. The summed E-state index contributed by atoms with van der Waals surface area (Å²) in [6.45, 7) is 2.17. The van der Waals surface area contributed by atoms with Crippen molar-refractivity contribution in [3.63, 3.8) is 0 Å². The van der Waals surface area contributed by atoms with Gasteiger partial charge in [-0.3, -0.25) is 0 Å². The molecule has 1 N–H and O–H groups in total. The predicted octanol–water partition coefficient (Wildman–Crippen LogP) is 4.90. The van der Waals surface area contributed by atoms with Gasteiger partial charge in [0.2, 0.25) is 5.89 Å². The molecule has 1 aromatic heterocycles. The maximum absolute atomic E-state index is 13.0. The topological polar surface area (TPSA) is 38.1 Å². The summed E-state index contributed by atoms with van der Waals surface area (Å²) in [4.78, 5) is 4.10. The number of hydrogen-bond acceptors (Lipinski definition) is 3. The van der Waals surface area contributed by atoms with Crippen LogP contribution in [0.15, 0.2) is 28.8 Å². The minimum Gasteiger partial charge on any atom is -0.445 e. The Labute approximate surface area is 136 Å². The fraction of sp³-hybridized carbons (Fsp3) is 0.438. The molecule has 0 aliphatic heterocycles. The van der Waals surface area contributed by atoms with Crippen LogP contribution in [0.4, 0.5) is 13.2 Å². The number of aromatic nitrogens is 1. The molecule has 7 heteroatoms. The van der Waals surface area contributed by atoms with Crippen molar-refractivity contribution in [2.24, 2.45) is 5.92 Å². The van der Waals surface area contributed by atoms with Crippen LogP contribution < -0.4 is 5.32 Å². The van der Waals surface area contributed by atoms with Crippen molar-refractivity contribution in [2.75, 3.05) is 0 Å². The fourth-order valence-electron chi connectivity index (χ4n) is 2.62. The van der Waals surface area contributed by atoms with Crippen LogP contribution in [0.25, 0.3) is 0 Å². The first-order valence-corrected chi connectivity index (χ1v) is 7.73. The van der Waals surface area contributed by atoms with Crippen LogP contribution in [-0.4, -0.2) is 4.98 Å². The highest BCUT2D eigenvalue weighted by Crippen LogP contribution is 2.43. The molecule has 1 saturated carbocycles. The van der Waals surface area contributed by atoms with Gasteiger partial charge in [-0.05, 0) is 43.4 Å². The molecule has 0 radical (unpaired) electrons. The summed E-state index contributed by atoms with van der Waals surface area (Å²) in [5, 5.41) is 2.98. The Balaban J connectivity index is 1.81. The lowest BCUT2D eigenvalue weighted by molar-refractivity contribution is -0.137. The molecule has 1 aliphatic rings. The average molecular weight is 345 g/mol. The van der Waals surface area contributed by atoms with Gasteiger partial charge < -0.3 is 9.73 Å². The smallest absolute Gasteiger partial charge is 0.417 e. The van der Waals surface area contributed by atoms with Gasteiger partial charge in [0.05, 0.1) is 23.3 Å². The second-order valence-corrected chi connectivity index (χ2v) is 6.20. The van der Waals surface area contributed by atoms with Gasteiger partial charge in [0, 0.05) is 6.04 Å². The summed E-state index contributed by atoms with van der Waals surface area (Å²) in [6, 6.07) is 3.93. The van der Waals surface area contributed by atoms with Crippen molar-refractivity contribution in [1.82, 2.24) is 10.3 Å². The largest absolute Gasteiger partial charge is 0.445 e. The maximum Gasteiger partial charge on any atom is 0.417 e. The monoisotopic (exact) mass is 344 g/mol. The van der Waals surface area contributed by atoms with Crippen LogP contribution in [0, 0.1) is 12.8 Å². The third-order valence-electron chi connectivity index (χ3n) is 3.89. The second kappa shape index (κ2) is 6.17. The Kier molecular flexibility index (Phi) is 4.38. The average Bonchev–Trinajstić information content (AvgIpc) is 3.22. The molecular formula is C16H16ClF3N2O. The summed E-state index contributed by atoms with van der Waals surface area (Å²) in [5.74, 6) is 1.56. The van der Waals surface area contributed by atoms with Gasteiger partial charge >= 0.3 is 6.18 Å². The van der Waals surface area contributed by atoms with E-state index in [1.165, 1.54) is 6.07 Å². The Morgan fingerprint density at radius 1 is 1.39 bits per heavy atom. The van der Waals surface area contributed by atoms with E-state index in [1.807, 2.05) is 0 Å². The normalized spacial score (nSPS) is 16.6. The first-order chi connectivity index (χ1) is 10.8. The zero-order chi connectivity index (χ0) is 16.6. The molecule has 1 fully saturated rings. The summed E-state index contributed by atoms with van der Waals surface area (Å²) in [6.07, 6.45) is -0.855. The second-order valence-electron chi connectivity index (χ2n) is 5.80. The summed E-state index contributed by atoms with van der Waals surface area (Å²) >= 11 is 5.69. The molecule has 3 rings (SSSR count). The minimum atomic E-state index is -4.46. The van der Waals surface area contributed by atoms with Crippen LogP contribution in [0.5, 0.6) is 0 Å². The van der Waals surface area contributed by atoms with Gasteiger partial charge in [-0.1, -0.05) is 17.7 Å². The first-order valence-electron chi connectivity index (χ1n) is 7.36. The molecule has 1 aromatic carbocycles. The molecule has 0 unspecified atom stereocenters. The summed E-state index contributed by atoms with van der Waals surface area (Å²) < 4.78 is 44.5. The fourth-order valence-corrected chi connectivity index (χ4v) is 2.84. The molecule has 0 saturated heterocycles. The zero-order valence-corrected chi connectivity index (χ0v) is 13.2. The lowest BCUT2D eigenvalue weighted by atomic mass is 9.99. The van der Waals surface area contributed by atoms with E-state index in [0.717, 1.165) is 18.9 Å². The SMILES string of the molecule is Cc1cnc(CN[C@H](c2ccc(Cl)c(C(F)(F)F)c2)C2CC2)o1. The summed E-state index contributed by atoms with van der Waals surface area (Å²) in [5.41, 5.74) is -0.205. The summed E-state index contributed by atoms with van der Waals surface area (Å²) in [7, 11) is 0. The quantitative estimate of drug-likeness (QED) is 0.838. The highest BCUT2D eigenvalue weighted by molar-refractivity contribution is 6.31. The van der Waals surface area contributed by atoms with Gasteiger partial charge in [-0.2, -0.15) is 13.2 Å². The molecule has 124 valence electrons. The maximum atomic E-state index is 13.0. The third kappa shape index (κ3) is 3.87. The van der Waals surface area contributed by atoms with Crippen molar-refractivity contribution in [3.05, 3.63) is 52.2 Å². The van der Waals surface area contributed by atoms with Crippen molar-refractivity contribution >= 4 is 11.6 Å². The van der Waals surface area contributed by atoms with Crippen molar-refractivity contribution in [1.29, 1.82) is 0 Å². The lowest BCUT2D eigenvalue weighted by Gasteiger charge is -2.20. The van der Waals surface area contributed by atoms with E-state index in [2.05, 4.69) is 10.3 Å². The van der Waals surface area contributed by atoms with E-state index in [0.29, 0.717) is 29.7 Å². The van der Waals surface area contributed by atoms with Gasteiger partial charge in [0.15, 0.2) is 0 Å². The molecule has 1 aliphatic carbocycles. The molecule has 2 aromatic rings. The van der Waals surface area contributed by atoms with E-state index in [1.54, 1.807) is 19.2 Å². The number of benzene rings is 1. The van der Waals surface area contributed by atoms with E-state index in [4.69, 9.17) is 16.0 Å². The van der Waals surface area contributed by atoms with E-state index in [-0.39, 0.29) is 11.1 Å². The number of hydrogen-bond donors (Lipinski definition) is 1. The van der Waals surface area contributed by atoms with Crippen LogP contribution in [-0.2, 0) is 12.7 Å². The van der Waals surface area contributed by atoms with Crippen molar-refractivity contribution in [3.8, 4) is 0 Å². The van der Waals surface area contributed by atoms with Crippen molar-refractivity contribution < 1.29 is 17.6 Å². The number of aryl methyl sites for hydroxylation is 1. The van der Waals surface area contributed by atoms with Gasteiger partial charge in [-0.25, -0.2) is 4.98 Å². The number of nitrogens with one attached hydrogen (secondary N) is 1. The Morgan fingerprint density at radius 2 is 2.13 bits per heavy atom. The highest BCUT2D eigenvalue weighted by Gasteiger charge is 2.36. The van der Waals surface area contributed by atoms with Crippen molar-refractivity contribution in [2.45, 2.75) is 38.5 Å². The standard InChI is InChI=1S/C16H16ClF3N2O/c1-9-7-21-14(23-9)8-22-15(10-2-3-10)11-4-5-13(17)12(6-11)16(18,19)20/h4-7,10,15,22H,2-3,8H2,1H3/t15-/m0/s1. The molecule has 0 bridgehead atoms. The van der Waals surface area contributed by atoms with E-state index >= 15 is 0 Å². The molecule has 0 spiro atoms.